The van der Waals surface area contributed by atoms with Crippen molar-refractivity contribution in [1.82, 2.24) is 5.06 Å². The van der Waals surface area contributed by atoms with Crippen LogP contribution < -0.4 is 0 Å². The summed E-state index contributed by atoms with van der Waals surface area (Å²) in [5, 5.41) is 10.6. The lowest BCUT2D eigenvalue weighted by Gasteiger charge is -2.30. The van der Waals surface area contributed by atoms with Gasteiger partial charge in [-0.05, 0) is 12.1 Å². The molecule has 1 heterocycles. The lowest BCUT2D eigenvalue weighted by atomic mass is 10.2. The second-order valence-electron chi connectivity index (χ2n) is 4.74. The number of hydrogen-bond acceptors (Lipinski definition) is 7. The van der Waals surface area contributed by atoms with Crippen LogP contribution in [-0.2, 0) is 24.1 Å². The summed E-state index contributed by atoms with van der Waals surface area (Å²) in [4.78, 5) is 9.91. The minimum absolute atomic E-state index is 0.0637. The number of rotatable bonds is 4. The summed E-state index contributed by atoms with van der Waals surface area (Å²) in [6.07, 6.45) is -0.795. The fourth-order valence-electron chi connectivity index (χ4n) is 2.48. The first kappa shape index (κ1) is 15.9. The summed E-state index contributed by atoms with van der Waals surface area (Å²) < 4.78 is 35.5. The number of hydroxylamine groups is 2. The van der Waals surface area contributed by atoms with Crippen molar-refractivity contribution < 1.29 is 27.9 Å². The molecule has 2 atom stereocenters. The van der Waals surface area contributed by atoms with Gasteiger partial charge in [0.1, 0.15) is 0 Å². The predicted molar refractivity (Wildman–Crippen MR) is 72.3 cm³/mol. The second kappa shape index (κ2) is 5.72. The van der Waals surface area contributed by atoms with E-state index in [-0.39, 0.29) is 17.9 Å². The zero-order chi connectivity index (χ0) is 15.7. The largest absolute Gasteiger partial charge is 0.467 e. The van der Waals surface area contributed by atoms with Crippen molar-refractivity contribution in [3.05, 3.63) is 30.3 Å². The van der Waals surface area contributed by atoms with Crippen LogP contribution in [0.5, 0.6) is 0 Å². The number of hydrogen-bond donors (Lipinski definition) is 1. The lowest BCUT2D eigenvalue weighted by Crippen LogP contribution is -2.55. The number of esters is 1. The molecular formula is C13H17NO6S. The Labute approximate surface area is 123 Å². The van der Waals surface area contributed by atoms with Gasteiger partial charge < -0.3 is 14.7 Å². The van der Waals surface area contributed by atoms with Gasteiger partial charge >= 0.3 is 5.97 Å². The maximum atomic E-state index is 12.9. The van der Waals surface area contributed by atoms with Gasteiger partial charge in [0.15, 0.2) is 0 Å². The maximum absolute atomic E-state index is 12.9. The lowest BCUT2D eigenvalue weighted by molar-refractivity contribution is -0.171. The van der Waals surface area contributed by atoms with Gasteiger partial charge in [-0.1, -0.05) is 18.2 Å². The molecule has 0 aromatic heterocycles. The van der Waals surface area contributed by atoms with E-state index in [1.807, 2.05) is 0 Å². The van der Waals surface area contributed by atoms with Crippen molar-refractivity contribution in [2.45, 2.75) is 22.3 Å². The van der Waals surface area contributed by atoms with E-state index < -0.39 is 26.8 Å². The van der Waals surface area contributed by atoms with Crippen molar-refractivity contribution in [3.63, 3.8) is 0 Å². The highest BCUT2D eigenvalue weighted by atomic mass is 32.2. The zero-order valence-electron chi connectivity index (χ0n) is 11.7. The third-order valence-corrected chi connectivity index (χ3v) is 5.96. The SMILES string of the molecule is COC(=O)[C@@]1(S(=O)(=O)c2ccccc2)C[C@@H](OC)CN1O. The molecular weight excluding hydrogens is 298 g/mol. The molecule has 0 aliphatic carbocycles. The molecule has 1 fully saturated rings. The summed E-state index contributed by atoms with van der Waals surface area (Å²) >= 11 is 0. The summed E-state index contributed by atoms with van der Waals surface area (Å²) in [6.45, 7) is -0.0995. The van der Waals surface area contributed by atoms with Crippen LogP contribution in [0.4, 0.5) is 0 Å². The molecule has 21 heavy (non-hydrogen) atoms. The number of carbonyl (C=O) groups is 1. The minimum atomic E-state index is -4.18. The molecule has 2 rings (SSSR count). The number of benzene rings is 1. The van der Waals surface area contributed by atoms with Gasteiger partial charge in [-0.3, -0.25) is 0 Å². The molecule has 1 N–H and O–H groups in total. The minimum Gasteiger partial charge on any atom is -0.467 e. The Morgan fingerprint density at radius 1 is 1.33 bits per heavy atom. The van der Waals surface area contributed by atoms with E-state index in [4.69, 9.17) is 4.74 Å². The highest BCUT2D eigenvalue weighted by molar-refractivity contribution is 7.93. The van der Waals surface area contributed by atoms with Gasteiger partial charge in [0, 0.05) is 13.5 Å². The topological polar surface area (TPSA) is 93.1 Å². The predicted octanol–water partition coefficient (Wildman–Crippen LogP) is 0.439. The fraction of sp³-hybridized carbons (Fsp3) is 0.462. The van der Waals surface area contributed by atoms with E-state index in [0.29, 0.717) is 5.06 Å². The summed E-state index contributed by atoms with van der Waals surface area (Å²) in [6, 6.07) is 7.49. The summed E-state index contributed by atoms with van der Waals surface area (Å²) in [5.74, 6) is -1.03. The van der Waals surface area contributed by atoms with E-state index in [9.17, 15) is 18.4 Å². The van der Waals surface area contributed by atoms with Crippen molar-refractivity contribution in [2.75, 3.05) is 20.8 Å². The zero-order valence-corrected chi connectivity index (χ0v) is 12.5. The van der Waals surface area contributed by atoms with Crippen molar-refractivity contribution in [1.29, 1.82) is 0 Å². The van der Waals surface area contributed by atoms with E-state index >= 15 is 0 Å². The Bertz CT molecular complexity index is 617. The van der Waals surface area contributed by atoms with Crippen LogP contribution in [-0.4, -0.2) is 56.4 Å². The highest BCUT2D eigenvalue weighted by Gasteiger charge is 2.62. The monoisotopic (exact) mass is 315 g/mol. The smallest absolute Gasteiger partial charge is 0.344 e. The van der Waals surface area contributed by atoms with Crippen LogP contribution in [0.1, 0.15) is 6.42 Å². The molecule has 0 saturated carbocycles. The van der Waals surface area contributed by atoms with Crippen LogP contribution in [0.3, 0.4) is 0 Å². The van der Waals surface area contributed by atoms with Crippen LogP contribution in [0.2, 0.25) is 0 Å². The molecule has 1 aromatic rings. The number of ether oxygens (including phenoxy) is 2. The van der Waals surface area contributed by atoms with E-state index in [2.05, 4.69) is 4.74 Å². The number of nitrogens with zero attached hydrogens (tertiary/aromatic N) is 1. The van der Waals surface area contributed by atoms with Crippen LogP contribution in [0.25, 0.3) is 0 Å². The fourth-order valence-corrected chi connectivity index (χ4v) is 4.44. The Morgan fingerprint density at radius 3 is 2.43 bits per heavy atom. The van der Waals surface area contributed by atoms with E-state index in [1.165, 1.54) is 19.2 Å². The standard InChI is InChI=1S/C13H17NO6S/c1-19-10-8-13(12(15)20-2,14(16)9-10)21(17,18)11-6-4-3-5-7-11/h3-7,10,16H,8-9H2,1-2H3/t10-,13+/m1/s1. The first-order chi connectivity index (χ1) is 9.90. The summed E-state index contributed by atoms with van der Waals surface area (Å²) in [7, 11) is -1.71. The number of methoxy groups -OCH3 is 2. The second-order valence-corrected chi connectivity index (χ2v) is 6.89. The molecule has 1 aromatic carbocycles. The van der Waals surface area contributed by atoms with Crippen LogP contribution in [0, 0.1) is 0 Å². The van der Waals surface area contributed by atoms with Gasteiger partial charge in [0.05, 0.1) is 24.7 Å². The average molecular weight is 315 g/mol. The molecule has 1 aliphatic heterocycles. The third-order valence-electron chi connectivity index (χ3n) is 3.63. The average Bonchev–Trinajstić information content (AvgIpc) is 2.85. The number of sulfone groups is 1. The van der Waals surface area contributed by atoms with Crippen LogP contribution in [0.15, 0.2) is 35.2 Å². The molecule has 0 bridgehead atoms. The molecule has 116 valence electrons. The summed E-state index contributed by atoms with van der Waals surface area (Å²) in [5.41, 5.74) is 0. The van der Waals surface area contributed by atoms with Crippen molar-refractivity contribution in [3.8, 4) is 0 Å². The van der Waals surface area contributed by atoms with Gasteiger partial charge in [-0.25, -0.2) is 13.2 Å². The van der Waals surface area contributed by atoms with Gasteiger partial charge in [-0.15, -0.1) is 0 Å². The van der Waals surface area contributed by atoms with Gasteiger partial charge in [0.25, 0.3) is 4.87 Å². The number of carbonyl (C=O) groups excluding carboxylic acids is 1. The van der Waals surface area contributed by atoms with Crippen molar-refractivity contribution in [2.24, 2.45) is 0 Å². The van der Waals surface area contributed by atoms with Gasteiger partial charge in [0.2, 0.25) is 9.84 Å². The molecule has 1 saturated heterocycles. The van der Waals surface area contributed by atoms with E-state index in [0.717, 1.165) is 7.11 Å². The highest BCUT2D eigenvalue weighted by Crippen LogP contribution is 2.39. The maximum Gasteiger partial charge on any atom is 0.344 e. The molecule has 0 spiro atoms. The van der Waals surface area contributed by atoms with Crippen molar-refractivity contribution >= 4 is 15.8 Å². The Hall–Kier alpha value is -1.48. The normalized spacial score (nSPS) is 26.7. The quantitative estimate of drug-likeness (QED) is 0.806. The molecule has 0 amide bonds. The Balaban J connectivity index is 2.60. The first-order valence-electron chi connectivity index (χ1n) is 6.27. The molecule has 8 heteroatoms. The molecule has 0 radical (unpaired) electrons. The van der Waals surface area contributed by atoms with Crippen LogP contribution >= 0.6 is 0 Å². The molecule has 7 nitrogen and oxygen atoms in total. The van der Waals surface area contributed by atoms with E-state index in [1.54, 1.807) is 18.2 Å². The molecule has 1 aliphatic rings. The molecule has 0 unspecified atom stereocenters. The Morgan fingerprint density at radius 2 is 1.95 bits per heavy atom. The third kappa shape index (κ3) is 2.34. The first-order valence-corrected chi connectivity index (χ1v) is 7.76. The van der Waals surface area contributed by atoms with Gasteiger partial charge in [-0.2, -0.15) is 5.06 Å². The Kier molecular flexibility index (Phi) is 4.33.